The lowest BCUT2D eigenvalue weighted by molar-refractivity contribution is -0.139. The monoisotopic (exact) mass is 418 g/mol. The molecule has 0 fully saturated rings. The van der Waals surface area contributed by atoms with Crippen LogP contribution in [0.15, 0.2) is 18.2 Å². The molecule has 1 atom stereocenters. The van der Waals surface area contributed by atoms with Crippen molar-refractivity contribution in [3.8, 4) is 0 Å². The summed E-state index contributed by atoms with van der Waals surface area (Å²) in [6.45, 7) is 0. The van der Waals surface area contributed by atoms with Crippen molar-refractivity contribution in [3.63, 3.8) is 0 Å². The normalized spacial score (nSPS) is 17.3. The number of carboxylic acids is 1. The van der Waals surface area contributed by atoms with E-state index in [1.807, 2.05) is 0 Å². The van der Waals surface area contributed by atoms with Gasteiger partial charge >= 0.3 is 5.97 Å². The van der Waals surface area contributed by atoms with Crippen LogP contribution in [0.1, 0.15) is 29.3 Å². The average Bonchev–Trinajstić information content (AvgIpc) is 2.83. The predicted molar refractivity (Wildman–Crippen MR) is 87.8 cm³/mol. The number of thiazole rings is 1. The van der Waals surface area contributed by atoms with E-state index in [0.717, 1.165) is 27.0 Å². The van der Waals surface area contributed by atoms with E-state index in [2.05, 4.69) is 32.9 Å². The molecule has 1 aliphatic carbocycles. The molecule has 7 heteroatoms. The number of nitrogens with zero attached hydrogens (tertiary/aromatic N) is 1. The average molecular weight is 418 g/mol. The first kappa shape index (κ1) is 14.7. The van der Waals surface area contributed by atoms with Crippen LogP contribution in [0.25, 0.3) is 0 Å². The van der Waals surface area contributed by atoms with Gasteiger partial charge in [0.15, 0.2) is 5.13 Å². The Bertz CT molecular complexity index is 704. The Morgan fingerprint density at radius 3 is 3.05 bits per heavy atom. The number of aryl methyl sites for hydroxylation is 1. The van der Waals surface area contributed by atoms with E-state index < -0.39 is 11.9 Å². The number of rotatable bonds is 3. The summed E-state index contributed by atoms with van der Waals surface area (Å²) in [4.78, 5) is 16.8. The molecule has 21 heavy (non-hydrogen) atoms. The van der Waals surface area contributed by atoms with E-state index in [-0.39, 0.29) is 5.82 Å². The number of hydrogen-bond acceptors (Lipinski definition) is 4. The number of fused-ring (bicyclic) bond motifs is 1. The second-order valence-electron chi connectivity index (χ2n) is 4.86. The highest BCUT2D eigenvalue weighted by Gasteiger charge is 2.30. The Kier molecular flexibility index (Phi) is 4.12. The third-order valence-electron chi connectivity index (χ3n) is 3.43. The molecular weight excluding hydrogens is 406 g/mol. The summed E-state index contributed by atoms with van der Waals surface area (Å²) >= 11 is 3.54. The summed E-state index contributed by atoms with van der Waals surface area (Å²) in [5, 5.41) is 13.1. The van der Waals surface area contributed by atoms with Crippen molar-refractivity contribution in [2.75, 3.05) is 5.32 Å². The fourth-order valence-electron chi connectivity index (χ4n) is 2.42. The van der Waals surface area contributed by atoms with E-state index in [9.17, 15) is 14.3 Å². The summed E-state index contributed by atoms with van der Waals surface area (Å²) in [6.07, 6.45) is 2.39. The molecule has 0 saturated carbocycles. The maximum Gasteiger partial charge on any atom is 0.312 e. The van der Waals surface area contributed by atoms with Gasteiger partial charge in [-0.1, -0.05) is 0 Å². The first-order chi connectivity index (χ1) is 10.0. The molecule has 2 N–H and O–H groups in total. The van der Waals surface area contributed by atoms with Gasteiger partial charge in [0.05, 0.1) is 11.4 Å². The molecule has 4 nitrogen and oxygen atoms in total. The Morgan fingerprint density at radius 2 is 2.33 bits per heavy atom. The number of aliphatic carboxylic acids is 1. The molecule has 0 spiro atoms. The van der Waals surface area contributed by atoms with Crippen LogP contribution in [0.3, 0.4) is 0 Å². The Hall–Kier alpha value is -1.22. The van der Waals surface area contributed by atoms with E-state index in [1.54, 1.807) is 6.07 Å². The largest absolute Gasteiger partial charge is 0.481 e. The molecule has 0 saturated heterocycles. The minimum atomic E-state index is -0.816. The second kappa shape index (κ2) is 5.88. The van der Waals surface area contributed by atoms with Crippen molar-refractivity contribution in [1.29, 1.82) is 0 Å². The highest BCUT2D eigenvalue weighted by atomic mass is 127. The number of aromatic nitrogens is 1. The molecule has 110 valence electrons. The number of anilines is 2. The van der Waals surface area contributed by atoms with Crippen molar-refractivity contribution in [3.05, 3.63) is 38.2 Å². The van der Waals surface area contributed by atoms with Gasteiger partial charge in [0, 0.05) is 8.45 Å². The summed E-state index contributed by atoms with van der Waals surface area (Å²) in [5.41, 5.74) is 1.45. The van der Waals surface area contributed by atoms with Crippen LogP contribution in [-0.2, 0) is 11.2 Å². The molecule has 0 aliphatic heterocycles. The van der Waals surface area contributed by atoms with Gasteiger partial charge in [-0.25, -0.2) is 9.37 Å². The Balaban J connectivity index is 1.89. The van der Waals surface area contributed by atoms with E-state index in [4.69, 9.17) is 0 Å². The van der Waals surface area contributed by atoms with Gasteiger partial charge in [-0.05, 0) is 60.1 Å². The van der Waals surface area contributed by atoms with Crippen LogP contribution in [0.5, 0.6) is 0 Å². The maximum absolute atomic E-state index is 13.1. The summed E-state index contributed by atoms with van der Waals surface area (Å²) in [7, 11) is 0. The summed E-state index contributed by atoms with van der Waals surface area (Å²) in [5.74, 6) is -1.61. The van der Waals surface area contributed by atoms with Gasteiger partial charge in [-0.2, -0.15) is 0 Å². The van der Waals surface area contributed by atoms with Gasteiger partial charge in [-0.15, -0.1) is 11.3 Å². The SMILES string of the molecule is O=C(O)C1CCCc2sc(Nc3ccc(F)cc3I)nc21. The molecule has 1 heterocycles. The van der Waals surface area contributed by atoms with Crippen molar-refractivity contribution in [2.45, 2.75) is 25.2 Å². The number of halogens is 2. The number of hydrogen-bond donors (Lipinski definition) is 2. The minimum absolute atomic E-state index is 0.283. The highest BCUT2D eigenvalue weighted by molar-refractivity contribution is 14.1. The van der Waals surface area contributed by atoms with Crippen LogP contribution in [0.2, 0.25) is 0 Å². The quantitative estimate of drug-likeness (QED) is 0.736. The fraction of sp³-hybridized carbons (Fsp3) is 0.286. The summed E-state index contributed by atoms with van der Waals surface area (Å²) < 4.78 is 13.9. The van der Waals surface area contributed by atoms with Crippen LogP contribution >= 0.6 is 33.9 Å². The van der Waals surface area contributed by atoms with Crippen LogP contribution < -0.4 is 5.32 Å². The van der Waals surface area contributed by atoms with E-state index in [0.29, 0.717) is 17.2 Å². The molecule has 1 unspecified atom stereocenters. The number of carboxylic acid groups (broad SMARTS) is 1. The van der Waals surface area contributed by atoms with Crippen LogP contribution in [-0.4, -0.2) is 16.1 Å². The smallest absolute Gasteiger partial charge is 0.312 e. The molecule has 1 aromatic heterocycles. The fourth-order valence-corrected chi connectivity index (χ4v) is 4.11. The van der Waals surface area contributed by atoms with Gasteiger partial charge in [0.1, 0.15) is 11.7 Å². The standard InChI is InChI=1S/C14H12FIN2O2S/c15-7-4-5-10(9(16)6-7)17-14-18-12-8(13(19)20)2-1-3-11(12)21-14/h4-6,8H,1-3H2,(H,17,18)(H,19,20). The number of benzene rings is 1. The first-order valence-electron chi connectivity index (χ1n) is 6.49. The van der Waals surface area contributed by atoms with Crippen molar-refractivity contribution in [1.82, 2.24) is 4.98 Å². The number of carbonyl (C=O) groups is 1. The second-order valence-corrected chi connectivity index (χ2v) is 7.11. The number of nitrogens with one attached hydrogen (secondary N) is 1. The van der Waals surface area contributed by atoms with Crippen molar-refractivity contribution >= 4 is 50.7 Å². The lowest BCUT2D eigenvalue weighted by Gasteiger charge is -2.16. The maximum atomic E-state index is 13.1. The molecular formula is C14H12FIN2O2S. The van der Waals surface area contributed by atoms with Gasteiger partial charge < -0.3 is 10.4 Å². The molecule has 0 amide bonds. The Morgan fingerprint density at radius 1 is 1.52 bits per heavy atom. The minimum Gasteiger partial charge on any atom is -0.481 e. The van der Waals surface area contributed by atoms with E-state index >= 15 is 0 Å². The molecule has 0 bridgehead atoms. The van der Waals surface area contributed by atoms with Crippen molar-refractivity contribution in [2.24, 2.45) is 0 Å². The van der Waals surface area contributed by atoms with Gasteiger partial charge in [0.25, 0.3) is 0 Å². The zero-order valence-corrected chi connectivity index (χ0v) is 13.9. The zero-order chi connectivity index (χ0) is 15.0. The lowest BCUT2D eigenvalue weighted by Crippen LogP contribution is -2.17. The van der Waals surface area contributed by atoms with Gasteiger partial charge in [-0.3, -0.25) is 4.79 Å². The third-order valence-corrected chi connectivity index (χ3v) is 5.36. The Labute approximate surface area is 138 Å². The molecule has 3 rings (SSSR count). The van der Waals surface area contributed by atoms with Crippen molar-refractivity contribution < 1.29 is 14.3 Å². The zero-order valence-electron chi connectivity index (χ0n) is 10.9. The van der Waals surface area contributed by atoms with Gasteiger partial charge in [0.2, 0.25) is 0 Å². The molecule has 2 aromatic rings. The van der Waals surface area contributed by atoms with Crippen LogP contribution in [0.4, 0.5) is 15.2 Å². The molecule has 1 aromatic carbocycles. The molecule has 1 aliphatic rings. The summed E-state index contributed by atoms with van der Waals surface area (Å²) in [6, 6.07) is 4.49. The third kappa shape index (κ3) is 3.03. The molecule has 0 radical (unpaired) electrons. The predicted octanol–water partition coefficient (Wildman–Crippen LogP) is 4.13. The lowest BCUT2D eigenvalue weighted by atomic mass is 9.91. The topological polar surface area (TPSA) is 62.2 Å². The van der Waals surface area contributed by atoms with Crippen LogP contribution in [0, 0.1) is 9.39 Å². The first-order valence-corrected chi connectivity index (χ1v) is 8.38. The van der Waals surface area contributed by atoms with E-state index in [1.165, 1.54) is 23.5 Å². The highest BCUT2D eigenvalue weighted by Crippen LogP contribution is 2.38.